The Morgan fingerprint density at radius 1 is 1.00 bits per heavy atom. The van der Waals surface area contributed by atoms with E-state index in [4.69, 9.17) is 0 Å². The van der Waals surface area contributed by atoms with Gasteiger partial charge in [-0.2, -0.15) is 0 Å². The second-order valence-electron chi connectivity index (χ2n) is 6.79. The Labute approximate surface area is 152 Å². The highest BCUT2D eigenvalue weighted by atomic mass is 32.1. The monoisotopic (exact) mass is 354 g/mol. The highest BCUT2D eigenvalue weighted by Crippen LogP contribution is 2.31. The summed E-state index contributed by atoms with van der Waals surface area (Å²) in [6.07, 6.45) is 3.50. The van der Waals surface area contributed by atoms with E-state index in [1.54, 1.807) is 18.3 Å². The van der Waals surface area contributed by atoms with Gasteiger partial charge >= 0.3 is 0 Å². The molecule has 0 spiro atoms. The van der Waals surface area contributed by atoms with Crippen molar-refractivity contribution >= 4 is 28.7 Å². The number of fused-ring (bicyclic) bond motifs is 1. The molecule has 1 aromatic heterocycles. The molecule has 2 aromatic rings. The van der Waals surface area contributed by atoms with Gasteiger partial charge in [0.2, 0.25) is 0 Å². The molecule has 1 amide bonds. The molecule has 130 valence electrons. The van der Waals surface area contributed by atoms with Gasteiger partial charge in [-0.15, -0.1) is 11.3 Å². The number of hydrogen-bond donors (Lipinski definition) is 0. The van der Waals surface area contributed by atoms with Crippen LogP contribution in [0.25, 0.3) is 0 Å². The van der Waals surface area contributed by atoms with Crippen molar-refractivity contribution in [1.29, 1.82) is 0 Å². The smallest absolute Gasteiger partial charge is 0.264 e. The van der Waals surface area contributed by atoms with E-state index in [1.165, 1.54) is 16.9 Å². The fourth-order valence-electron chi connectivity index (χ4n) is 3.66. The van der Waals surface area contributed by atoms with Gasteiger partial charge in [0.05, 0.1) is 4.88 Å². The summed E-state index contributed by atoms with van der Waals surface area (Å²) in [7, 11) is 0. The van der Waals surface area contributed by atoms with Crippen molar-refractivity contribution in [2.75, 3.05) is 31.1 Å². The van der Waals surface area contributed by atoms with Gasteiger partial charge < -0.3 is 9.80 Å². The molecule has 1 aromatic carbocycles. The van der Waals surface area contributed by atoms with Gasteiger partial charge in [0, 0.05) is 42.3 Å². The first-order chi connectivity index (χ1) is 12.1. The molecule has 4 nitrogen and oxygen atoms in total. The highest BCUT2D eigenvalue weighted by Gasteiger charge is 2.25. The molecule has 0 bridgehead atoms. The van der Waals surface area contributed by atoms with Crippen molar-refractivity contribution in [2.24, 2.45) is 0 Å². The summed E-state index contributed by atoms with van der Waals surface area (Å²) in [6.45, 7) is 4.73. The van der Waals surface area contributed by atoms with Crippen LogP contribution in [-0.4, -0.2) is 42.8 Å². The van der Waals surface area contributed by atoms with Crippen LogP contribution in [0.1, 0.15) is 43.8 Å². The molecule has 25 heavy (non-hydrogen) atoms. The van der Waals surface area contributed by atoms with E-state index in [9.17, 15) is 9.59 Å². The van der Waals surface area contributed by atoms with Crippen LogP contribution in [0.2, 0.25) is 0 Å². The van der Waals surface area contributed by atoms with Gasteiger partial charge in [0.25, 0.3) is 5.91 Å². The van der Waals surface area contributed by atoms with E-state index in [2.05, 4.69) is 11.0 Å². The number of Topliss-reactive ketones (excluding diaryl/α,β-unsaturated/α-hetero) is 1. The quantitative estimate of drug-likeness (QED) is 0.793. The minimum Gasteiger partial charge on any atom is -0.368 e. The van der Waals surface area contributed by atoms with Crippen LogP contribution < -0.4 is 4.90 Å². The average molecular weight is 354 g/mol. The van der Waals surface area contributed by atoms with Crippen LogP contribution in [0.5, 0.6) is 0 Å². The third-order valence-electron chi connectivity index (χ3n) is 5.16. The lowest BCUT2D eigenvalue weighted by atomic mass is 10.1. The number of ketones is 1. The Morgan fingerprint density at radius 3 is 2.36 bits per heavy atom. The number of rotatable bonds is 3. The van der Waals surface area contributed by atoms with Crippen molar-refractivity contribution in [1.82, 2.24) is 4.90 Å². The van der Waals surface area contributed by atoms with E-state index in [0.29, 0.717) is 0 Å². The van der Waals surface area contributed by atoms with E-state index < -0.39 is 0 Å². The molecule has 0 N–H and O–H groups in total. The molecule has 0 radical (unpaired) electrons. The second kappa shape index (κ2) is 6.64. The van der Waals surface area contributed by atoms with Crippen molar-refractivity contribution in [3.05, 3.63) is 51.2 Å². The molecule has 0 saturated carbocycles. The summed E-state index contributed by atoms with van der Waals surface area (Å²) < 4.78 is 0. The molecule has 2 heterocycles. The fourth-order valence-corrected chi connectivity index (χ4v) is 4.89. The summed E-state index contributed by atoms with van der Waals surface area (Å²) in [4.78, 5) is 30.7. The molecular formula is C20H22N2O2S. The lowest BCUT2D eigenvalue weighted by Crippen LogP contribution is -2.48. The topological polar surface area (TPSA) is 40.6 Å². The molecule has 1 aliphatic carbocycles. The SMILES string of the molecule is CC(=O)c1ccc(N2CCN(C(=O)c3cc4c(s3)CCC4)CC2)cc1. The number of carbonyl (C=O) groups excluding carboxylic acids is 2. The number of anilines is 1. The van der Waals surface area contributed by atoms with Crippen LogP contribution in [-0.2, 0) is 12.8 Å². The minimum absolute atomic E-state index is 0.0878. The first-order valence-corrected chi connectivity index (χ1v) is 9.70. The number of benzene rings is 1. The Balaban J connectivity index is 1.39. The summed E-state index contributed by atoms with van der Waals surface area (Å²) in [5, 5.41) is 0. The first kappa shape index (κ1) is 16.3. The number of aryl methyl sites for hydroxylation is 2. The van der Waals surface area contributed by atoms with E-state index in [1.807, 2.05) is 29.2 Å². The van der Waals surface area contributed by atoms with Gasteiger partial charge in [-0.25, -0.2) is 0 Å². The zero-order chi connectivity index (χ0) is 17.4. The summed E-state index contributed by atoms with van der Waals surface area (Å²) in [5.74, 6) is 0.274. The van der Waals surface area contributed by atoms with Gasteiger partial charge in [0.1, 0.15) is 0 Å². The number of piperazine rings is 1. The van der Waals surface area contributed by atoms with Gasteiger partial charge in [0.15, 0.2) is 5.78 Å². The molecule has 2 aliphatic rings. The Hall–Kier alpha value is -2.14. The fraction of sp³-hybridized carbons (Fsp3) is 0.400. The molecule has 0 unspecified atom stereocenters. The number of carbonyl (C=O) groups is 2. The van der Waals surface area contributed by atoms with E-state index in [-0.39, 0.29) is 11.7 Å². The number of thiophene rings is 1. The molecule has 4 rings (SSSR count). The largest absolute Gasteiger partial charge is 0.368 e. The standard InChI is InChI=1S/C20H22N2O2S/c1-14(23)15-5-7-17(8-6-15)21-9-11-22(12-10-21)20(24)19-13-16-3-2-4-18(16)25-19/h5-8,13H,2-4,9-12H2,1H3. The summed E-state index contributed by atoms with van der Waals surface area (Å²) in [5.41, 5.74) is 3.24. The average Bonchev–Trinajstić information content (AvgIpc) is 3.23. The van der Waals surface area contributed by atoms with Gasteiger partial charge in [-0.05, 0) is 62.1 Å². The second-order valence-corrected chi connectivity index (χ2v) is 7.93. The Kier molecular flexibility index (Phi) is 4.34. The normalized spacial score (nSPS) is 16.8. The van der Waals surface area contributed by atoms with Crippen LogP contribution in [0.15, 0.2) is 30.3 Å². The lowest BCUT2D eigenvalue weighted by molar-refractivity contribution is 0.0751. The van der Waals surface area contributed by atoms with Crippen LogP contribution >= 0.6 is 11.3 Å². The van der Waals surface area contributed by atoms with Gasteiger partial charge in [-0.3, -0.25) is 9.59 Å². The molecule has 0 atom stereocenters. The van der Waals surface area contributed by atoms with E-state index >= 15 is 0 Å². The summed E-state index contributed by atoms with van der Waals surface area (Å²) >= 11 is 1.69. The highest BCUT2D eigenvalue weighted by molar-refractivity contribution is 7.14. The van der Waals surface area contributed by atoms with Crippen molar-refractivity contribution in [3.63, 3.8) is 0 Å². The van der Waals surface area contributed by atoms with Crippen LogP contribution in [0.4, 0.5) is 5.69 Å². The number of amides is 1. The maximum absolute atomic E-state index is 12.7. The predicted molar refractivity (Wildman–Crippen MR) is 101 cm³/mol. The molecule has 5 heteroatoms. The maximum Gasteiger partial charge on any atom is 0.264 e. The maximum atomic E-state index is 12.7. The van der Waals surface area contributed by atoms with E-state index in [0.717, 1.165) is 55.1 Å². The minimum atomic E-state index is 0.0878. The van der Waals surface area contributed by atoms with Gasteiger partial charge in [-0.1, -0.05) is 0 Å². The molecule has 1 aliphatic heterocycles. The molecule has 1 saturated heterocycles. The number of hydrogen-bond acceptors (Lipinski definition) is 4. The zero-order valence-corrected chi connectivity index (χ0v) is 15.3. The van der Waals surface area contributed by atoms with Crippen LogP contribution in [0, 0.1) is 0 Å². The number of nitrogens with zero attached hydrogens (tertiary/aromatic N) is 2. The predicted octanol–water partition coefficient (Wildman–Crippen LogP) is 3.40. The zero-order valence-electron chi connectivity index (χ0n) is 14.5. The lowest BCUT2D eigenvalue weighted by Gasteiger charge is -2.36. The van der Waals surface area contributed by atoms with Crippen molar-refractivity contribution in [2.45, 2.75) is 26.2 Å². The van der Waals surface area contributed by atoms with Crippen molar-refractivity contribution in [3.8, 4) is 0 Å². The molecule has 1 fully saturated rings. The Morgan fingerprint density at radius 2 is 1.72 bits per heavy atom. The first-order valence-electron chi connectivity index (χ1n) is 8.88. The third-order valence-corrected chi connectivity index (χ3v) is 6.39. The summed E-state index contributed by atoms with van der Waals surface area (Å²) in [6, 6.07) is 9.86. The third kappa shape index (κ3) is 3.21. The Bertz CT molecular complexity index is 780. The van der Waals surface area contributed by atoms with Crippen LogP contribution in [0.3, 0.4) is 0 Å². The molecular weight excluding hydrogens is 332 g/mol. The van der Waals surface area contributed by atoms with Crippen molar-refractivity contribution < 1.29 is 9.59 Å².